The van der Waals surface area contributed by atoms with E-state index in [1.807, 2.05) is 18.2 Å². The summed E-state index contributed by atoms with van der Waals surface area (Å²) in [5.41, 5.74) is 3.45. The molecule has 1 amide bonds. The van der Waals surface area contributed by atoms with E-state index in [1.165, 1.54) is 17.7 Å². The lowest BCUT2D eigenvalue weighted by molar-refractivity contribution is -0.384. The van der Waals surface area contributed by atoms with Gasteiger partial charge in [-0.2, -0.15) is 0 Å². The molecule has 2 N–H and O–H groups in total. The van der Waals surface area contributed by atoms with Crippen LogP contribution in [0.4, 0.5) is 11.4 Å². The summed E-state index contributed by atoms with van der Waals surface area (Å²) in [6, 6.07) is 14.5. The lowest BCUT2D eigenvalue weighted by atomic mass is 9.89. The number of rotatable bonds is 5. The molecular formula is C19H21N3O4. The maximum absolute atomic E-state index is 11.9. The molecule has 136 valence electrons. The first-order valence-electron chi connectivity index (χ1n) is 8.60. The fourth-order valence-electron chi connectivity index (χ4n) is 3.48. The van der Waals surface area contributed by atoms with Crippen molar-refractivity contribution in [2.75, 3.05) is 18.0 Å². The van der Waals surface area contributed by atoms with Crippen LogP contribution < -0.4 is 10.4 Å². The van der Waals surface area contributed by atoms with Gasteiger partial charge in [-0.05, 0) is 36.8 Å². The number of non-ortho nitro benzene ring substituents is 1. The molecule has 7 heteroatoms. The van der Waals surface area contributed by atoms with Gasteiger partial charge in [0.25, 0.3) is 11.6 Å². The molecular weight excluding hydrogens is 334 g/mol. The van der Waals surface area contributed by atoms with Crippen LogP contribution in [0.3, 0.4) is 0 Å². The van der Waals surface area contributed by atoms with Crippen molar-refractivity contribution in [3.63, 3.8) is 0 Å². The summed E-state index contributed by atoms with van der Waals surface area (Å²) in [4.78, 5) is 24.4. The fourth-order valence-corrected chi connectivity index (χ4v) is 3.48. The van der Waals surface area contributed by atoms with Crippen molar-refractivity contribution in [2.45, 2.75) is 19.3 Å². The minimum Gasteiger partial charge on any atom is -0.371 e. The van der Waals surface area contributed by atoms with Gasteiger partial charge < -0.3 is 4.90 Å². The molecule has 1 aliphatic rings. The van der Waals surface area contributed by atoms with Crippen LogP contribution in [0, 0.1) is 16.0 Å². The molecule has 0 aromatic heterocycles. The molecule has 1 heterocycles. The third-order valence-electron chi connectivity index (χ3n) is 4.86. The van der Waals surface area contributed by atoms with Gasteiger partial charge in [-0.15, -0.1) is 0 Å². The summed E-state index contributed by atoms with van der Waals surface area (Å²) in [5, 5.41) is 19.9. The van der Waals surface area contributed by atoms with E-state index in [2.05, 4.69) is 17.0 Å². The molecule has 26 heavy (non-hydrogen) atoms. The summed E-state index contributed by atoms with van der Waals surface area (Å²) < 4.78 is 0. The van der Waals surface area contributed by atoms with Crippen LogP contribution in [0.15, 0.2) is 48.5 Å². The third-order valence-corrected chi connectivity index (χ3v) is 4.86. The summed E-state index contributed by atoms with van der Waals surface area (Å²) in [6.07, 6.45) is 2.98. The molecule has 0 radical (unpaired) electrons. The predicted molar refractivity (Wildman–Crippen MR) is 97.4 cm³/mol. The molecule has 1 aliphatic heterocycles. The van der Waals surface area contributed by atoms with E-state index in [0.717, 1.165) is 32.4 Å². The van der Waals surface area contributed by atoms with Crippen molar-refractivity contribution in [2.24, 2.45) is 5.92 Å². The maximum Gasteiger partial charge on any atom is 0.276 e. The van der Waals surface area contributed by atoms with Gasteiger partial charge in [0.05, 0.1) is 16.2 Å². The Morgan fingerprint density at radius 1 is 1.19 bits per heavy atom. The second-order valence-corrected chi connectivity index (χ2v) is 6.52. The van der Waals surface area contributed by atoms with Gasteiger partial charge in [-0.1, -0.05) is 30.3 Å². The Kier molecular flexibility index (Phi) is 5.48. The van der Waals surface area contributed by atoms with Crippen molar-refractivity contribution < 1.29 is 14.9 Å². The van der Waals surface area contributed by atoms with Crippen molar-refractivity contribution in [1.29, 1.82) is 0 Å². The molecule has 3 rings (SSSR count). The quantitative estimate of drug-likeness (QED) is 0.488. The Morgan fingerprint density at radius 3 is 2.50 bits per heavy atom. The predicted octanol–water partition coefficient (Wildman–Crippen LogP) is 3.17. The van der Waals surface area contributed by atoms with Gasteiger partial charge in [0.2, 0.25) is 0 Å². The minimum absolute atomic E-state index is 0.114. The zero-order valence-electron chi connectivity index (χ0n) is 14.3. The molecule has 2 aromatic rings. The maximum atomic E-state index is 11.9. The molecule has 0 bridgehead atoms. The number of hydroxylamine groups is 1. The van der Waals surface area contributed by atoms with Crippen LogP contribution in [0.1, 0.15) is 28.8 Å². The van der Waals surface area contributed by atoms with Gasteiger partial charge in [-0.3, -0.25) is 20.1 Å². The van der Waals surface area contributed by atoms with Crippen LogP contribution >= 0.6 is 0 Å². The van der Waals surface area contributed by atoms with E-state index in [4.69, 9.17) is 5.21 Å². The Hall–Kier alpha value is -2.93. The normalized spacial score (nSPS) is 14.9. The molecule has 2 aromatic carbocycles. The number of benzene rings is 2. The van der Waals surface area contributed by atoms with E-state index < -0.39 is 10.8 Å². The molecule has 0 saturated carbocycles. The molecule has 7 nitrogen and oxygen atoms in total. The summed E-state index contributed by atoms with van der Waals surface area (Å²) in [5.74, 6) is -0.170. The van der Waals surface area contributed by atoms with Crippen LogP contribution in [-0.2, 0) is 6.42 Å². The third kappa shape index (κ3) is 4.00. The van der Waals surface area contributed by atoms with Crippen LogP contribution in [0.5, 0.6) is 0 Å². The highest BCUT2D eigenvalue weighted by Gasteiger charge is 2.24. The van der Waals surface area contributed by atoms with Gasteiger partial charge >= 0.3 is 0 Å². The largest absolute Gasteiger partial charge is 0.371 e. The van der Waals surface area contributed by atoms with E-state index in [-0.39, 0.29) is 11.3 Å². The van der Waals surface area contributed by atoms with Crippen molar-refractivity contribution in [1.82, 2.24) is 5.48 Å². The molecule has 0 unspecified atom stereocenters. The Labute approximate surface area is 151 Å². The first-order valence-corrected chi connectivity index (χ1v) is 8.60. The number of hydrogen-bond acceptors (Lipinski definition) is 5. The average molecular weight is 355 g/mol. The number of nitrogens with zero attached hydrogens (tertiary/aromatic N) is 2. The van der Waals surface area contributed by atoms with Crippen LogP contribution in [0.2, 0.25) is 0 Å². The van der Waals surface area contributed by atoms with E-state index in [9.17, 15) is 14.9 Å². The number of carbonyl (C=O) groups is 1. The number of nitrogens with one attached hydrogen (secondary N) is 1. The van der Waals surface area contributed by atoms with Gasteiger partial charge in [0.15, 0.2) is 0 Å². The molecule has 1 fully saturated rings. The van der Waals surface area contributed by atoms with Gasteiger partial charge in [0, 0.05) is 25.2 Å². The minimum atomic E-state index is -0.741. The topological polar surface area (TPSA) is 95.7 Å². The zero-order valence-corrected chi connectivity index (χ0v) is 14.3. The first kappa shape index (κ1) is 17.9. The molecule has 1 saturated heterocycles. The standard InChI is InChI=1S/C19H21N3O4/c23-19(20-24)17-13-16(22(25)26)6-7-18(17)21-10-8-15(9-11-21)12-14-4-2-1-3-5-14/h1-7,13,15,24H,8-12H2,(H,20,23). The highest BCUT2D eigenvalue weighted by molar-refractivity contribution is 5.99. The summed E-state index contributed by atoms with van der Waals surface area (Å²) in [7, 11) is 0. The van der Waals surface area contributed by atoms with Crippen molar-refractivity contribution in [3.05, 3.63) is 69.8 Å². The second kappa shape index (κ2) is 7.97. The number of amides is 1. The Balaban J connectivity index is 1.72. The first-order chi connectivity index (χ1) is 12.6. The van der Waals surface area contributed by atoms with E-state index >= 15 is 0 Å². The summed E-state index contributed by atoms with van der Waals surface area (Å²) >= 11 is 0. The number of nitro groups is 1. The Morgan fingerprint density at radius 2 is 1.88 bits per heavy atom. The molecule has 0 spiro atoms. The lowest BCUT2D eigenvalue weighted by Crippen LogP contribution is -2.36. The number of nitro benzene ring substituents is 1. The Bertz CT molecular complexity index is 787. The molecule has 0 atom stereocenters. The second-order valence-electron chi connectivity index (χ2n) is 6.52. The highest BCUT2D eigenvalue weighted by Crippen LogP contribution is 2.30. The van der Waals surface area contributed by atoms with Crippen LogP contribution in [-0.4, -0.2) is 29.1 Å². The summed E-state index contributed by atoms with van der Waals surface area (Å²) in [6.45, 7) is 1.53. The smallest absolute Gasteiger partial charge is 0.276 e. The lowest BCUT2D eigenvalue weighted by Gasteiger charge is -2.34. The van der Waals surface area contributed by atoms with Crippen LogP contribution in [0.25, 0.3) is 0 Å². The number of carbonyl (C=O) groups excluding carboxylic acids is 1. The van der Waals surface area contributed by atoms with E-state index in [0.29, 0.717) is 11.6 Å². The van der Waals surface area contributed by atoms with Gasteiger partial charge in [-0.25, -0.2) is 5.48 Å². The van der Waals surface area contributed by atoms with Crippen molar-refractivity contribution >= 4 is 17.3 Å². The number of piperidine rings is 1. The van der Waals surface area contributed by atoms with Gasteiger partial charge in [0.1, 0.15) is 0 Å². The zero-order chi connectivity index (χ0) is 18.5. The number of anilines is 1. The SMILES string of the molecule is O=C(NO)c1cc([N+](=O)[O-])ccc1N1CCC(Cc2ccccc2)CC1. The highest BCUT2D eigenvalue weighted by atomic mass is 16.6. The molecule has 0 aliphatic carbocycles. The fraction of sp³-hybridized carbons (Fsp3) is 0.316. The van der Waals surface area contributed by atoms with E-state index in [1.54, 1.807) is 11.5 Å². The monoisotopic (exact) mass is 355 g/mol. The van der Waals surface area contributed by atoms with Crippen molar-refractivity contribution in [3.8, 4) is 0 Å². The number of hydrogen-bond donors (Lipinski definition) is 2. The average Bonchev–Trinajstić information content (AvgIpc) is 2.68.